The molecule has 0 aliphatic carbocycles. The van der Waals surface area contributed by atoms with Crippen LogP contribution in [0.5, 0.6) is 5.75 Å². The number of carbonyl (C=O) groups is 1. The van der Waals surface area contributed by atoms with E-state index < -0.39 is 6.10 Å². The van der Waals surface area contributed by atoms with Gasteiger partial charge in [0.2, 0.25) is 0 Å². The Morgan fingerprint density at radius 3 is 2.71 bits per heavy atom. The molecule has 1 amide bonds. The Kier molecular flexibility index (Phi) is 3.85. The van der Waals surface area contributed by atoms with Crippen LogP contribution >= 0.6 is 0 Å². The molecule has 1 saturated heterocycles. The largest absolute Gasteiger partial charge is 0.481 e. The minimum atomic E-state index is -0.489. The first-order valence-corrected chi connectivity index (χ1v) is 7.10. The Bertz CT molecular complexity index is 585. The number of amides is 1. The molecule has 2 heterocycles. The predicted molar refractivity (Wildman–Crippen MR) is 76.8 cm³/mol. The summed E-state index contributed by atoms with van der Waals surface area (Å²) in [5, 5.41) is 8.28. The normalized spacial score (nSPS) is 19.5. The van der Waals surface area contributed by atoms with Gasteiger partial charge in [-0.2, -0.15) is 15.0 Å². The van der Waals surface area contributed by atoms with E-state index in [1.165, 1.54) is 0 Å². The SMILES string of the molecule is C[C@@H](Oc1ccccc1)C(=O)N1CC[C@@H](n2nccn2)C1. The zero-order valence-corrected chi connectivity index (χ0v) is 11.9. The fraction of sp³-hybridized carbons (Fsp3) is 0.400. The van der Waals surface area contributed by atoms with E-state index in [2.05, 4.69) is 10.2 Å². The van der Waals surface area contributed by atoms with Gasteiger partial charge in [-0.15, -0.1) is 0 Å². The molecular formula is C15H18N4O2. The van der Waals surface area contributed by atoms with E-state index >= 15 is 0 Å². The van der Waals surface area contributed by atoms with Gasteiger partial charge in [0.15, 0.2) is 6.10 Å². The highest BCUT2D eigenvalue weighted by molar-refractivity contribution is 5.81. The zero-order chi connectivity index (χ0) is 14.7. The molecule has 0 radical (unpaired) electrons. The van der Waals surface area contributed by atoms with E-state index in [0.717, 1.165) is 6.42 Å². The van der Waals surface area contributed by atoms with Crippen LogP contribution in [0.25, 0.3) is 0 Å². The molecule has 6 nitrogen and oxygen atoms in total. The van der Waals surface area contributed by atoms with Crippen LogP contribution < -0.4 is 4.74 Å². The number of nitrogens with zero attached hydrogens (tertiary/aromatic N) is 4. The van der Waals surface area contributed by atoms with Gasteiger partial charge in [0.25, 0.3) is 5.91 Å². The third-order valence-electron chi connectivity index (χ3n) is 3.64. The summed E-state index contributed by atoms with van der Waals surface area (Å²) in [5.74, 6) is 0.719. The maximum absolute atomic E-state index is 12.4. The summed E-state index contributed by atoms with van der Waals surface area (Å²) < 4.78 is 5.69. The number of aromatic nitrogens is 3. The second kappa shape index (κ2) is 5.95. The summed E-state index contributed by atoms with van der Waals surface area (Å²) >= 11 is 0. The molecule has 1 aromatic carbocycles. The van der Waals surface area contributed by atoms with Gasteiger partial charge in [-0.3, -0.25) is 4.79 Å². The lowest BCUT2D eigenvalue weighted by Gasteiger charge is -2.21. The summed E-state index contributed by atoms with van der Waals surface area (Å²) in [6.45, 7) is 3.14. The van der Waals surface area contributed by atoms with Crippen LogP contribution in [-0.2, 0) is 4.79 Å². The van der Waals surface area contributed by atoms with Crippen LogP contribution in [0.1, 0.15) is 19.4 Å². The first kappa shape index (κ1) is 13.6. The number of hydrogen-bond acceptors (Lipinski definition) is 4. The molecule has 1 aromatic heterocycles. The van der Waals surface area contributed by atoms with Crippen LogP contribution in [-0.4, -0.2) is 45.0 Å². The average molecular weight is 286 g/mol. The van der Waals surface area contributed by atoms with Crippen molar-refractivity contribution in [3.05, 3.63) is 42.7 Å². The number of para-hydroxylation sites is 1. The minimum Gasteiger partial charge on any atom is -0.481 e. The Hall–Kier alpha value is -2.37. The second-order valence-electron chi connectivity index (χ2n) is 5.15. The van der Waals surface area contributed by atoms with Gasteiger partial charge < -0.3 is 9.64 Å². The van der Waals surface area contributed by atoms with Crippen molar-refractivity contribution in [2.24, 2.45) is 0 Å². The lowest BCUT2D eigenvalue weighted by atomic mass is 10.3. The molecule has 0 spiro atoms. The van der Waals surface area contributed by atoms with E-state index in [1.807, 2.05) is 35.2 Å². The Morgan fingerprint density at radius 1 is 1.29 bits per heavy atom. The second-order valence-corrected chi connectivity index (χ2v) is 5.15. The third kappa shape index (κ3) is 3.04. The van der Waals surface area contributed by atoms with Gasteiger partial charge in [0.05, 0.1) is 18.4 Å². The highest BCUT2D eigenvalue weighted by Gasteiger charge is 2.31. The standard InChI is InChI=1S/C15H18N4O2/c1-12(21-14-5-3-2-4-6-14)15(20)18-10-7-13(11-18)19-16-8-9-17-19/h2-6,8-9,12-13H,7,10-11H2,1H3/t12-,13-/m1/s1. The van der Waals surface area contributed by atoms with Crippen LogP contribution in [0.3, 0.4) is 0 Å². The van der Waals surface area contributed by atoms with E-state index in [0.29, 0.717) is 18.8 Å². The van der Waals surface area contributed by atoms with E-state index in [-0.39, 0.29) is 11.9 Å². The Labute approximate surface area is 123 Å². The fourth-order valence-corrected chi connectivity index (χ4v) is 2.56. The van der Waals surface area contributed by atoms with Gasteiger partial charge in [-0.1, -0.05) is 18.2 Å². The van der Waals surface area contributed by atoms with Crippen molar-refractivity contribution >= 4 is 5.91 Å². The summed E-state index contributed by atoms with van der Waals surface area (Å²) in [5.41, 5.74) is 0. The number of hydrogen-bond donors (Lipinski definition) is 0. The lowest BCUT2D eigenvalue weighted by Crippen LogP contribution is -2.39. The minimum absolute atomic E-state index is 0.00788. The van der Waals surface area contributed by atoms with Crippen molar-refractivity contribution in [3.63, 3.8) is 0 Å². The number of rotatable bonds is 4. The molecule has 1 aliphatic rings. The molecule has 0 bridgehead atoms. The molecule has 2 atom stereocenters. The molecule has 21 heavy (non-hydrogen) atoms. The Morgan fingerprint density at radius 2 is 2.00 bits per heavy atom. The predicted octanol–water partition coefficient (Wildman–Crippen LogP) is 1.52. The monoisotopic (exact) mass is 286 g/mol. The fourth-order valence-electron chi connectivity index (χ4n) is 2.56. The molecule has 1 fully saturated rings. The number of benzene rings is 1. The molecule has 110 valence electrons. The van der Waals surface area contributed by atoms with Crippen LogP contribution in [0, 0.1) is 0 Å². The van der Waals surface area contributed by atoms with E-state index in [9.17, 15) is 4.79 Å². The molecule has 1 aliphatic heterocycles. The molecular weight excluding hydrogens is 268 g/mol. The van der Waals surface area contributed by atoms with Gasteiger partial charge in [0.1, 0.15) is 5.75 Å². The van der Waals surface area contributed by atoms with Crippen molar-refractivity contribution in [1.29, 1.82) is 0 Å². The van der Waals surface area contributed by atoms with E-state index in [4.69, 9.17) is 4.74 Å². The first-order valence-electron chi connectivity index (χ1n) is 7.10. The number of ether oxygens (including phenoxy) is 1. The maximum Gasteiger partial charge on any atom is 0.263 e. The third-order valence-corrected chi connectivity index (χ3v) is 3.64. The van der Waals surface area contributed by atoms with Crippen molar-refractivity contribution in [2.45, 2.75) is 25.5 Å². The van der Waals surface area contributed by atoms with Gasteiger partial charge >= 0.3 is 0 Å². The summed E-state index contributed by atoms with van der Waals surface area (Å²) in [4.78, 5) is 15.9. The molecule has 0 saturated carbocycles. The van der Waals surface area contributed by atoms with Crippen LogP contribution in [0.4, 0.5) is 0 Å². The van der Waals surface area contributed by atoms with E-state index in [1.54, 1.807) is 24.1 Å². The topological polar surface area (TPSA) is 60.2 Å². The van der Waals surface area contributed by atoms with Gasteiger partial charge in [-0.05, 0) is 25.5 Å². The molecule has 6 heteroatoms. The molecule has 3 rings (SSSR count). The number of carbonyl (C=O) groups excluding carboxylic acids is 1. The quantitative estimate of drug-likeness (QED) is 0.855. The van der Waals surface area contributed by atoms with Gasteiger partial charge in [-0.25, -0.2) is 0 Å². The average Bonchev–Trinajstić information content (AvgIpc) is 3.18. The summed E-state index contributed by atoms with van der Waals surface area (Å²) in [6, 6.07) is 9.56. The highest BCUT2D eigenvalue weighted by Crippen LogP contribution is 2.21. The summed E-state index contributed by atoms with van der Waals surface area (Å²) in [6.07, 6.45) is 3.70. The lowest BCUT2D eigenvalue weighted by molar-refractivity contribution is -0.137. The van der Waals surface area contributed by atoms with Gasteiger partial charge in [0, 0.05) is 13.1 Å². The highest BCUT2D eigenvalue weighted by atomic mass is 16.5. The first-order chi connectivity index (χ1) is 10.2. The maximum atomic E-state index is 12.4. The Balaban J connectivity index is 1.58. The smallest absolute Gasteiger partial charge is 0.263 e. The zero-order valence-electron chi connectivity index (χ0n) is 11.9. The number of likely N-dealkylation sites (tertiary alicyclic amines) is 1. The van der Waals surface area contributed by atoms with Crippen molar-refractivity contribution < 1.29 is 9.53 Å². The molecule has 2 aromatic rings. The van der Waals surface area contributed by atoms with Crippen molar-refractivity contribution in [1.82, 2.24) is 19.9 Å². The van der Waals surface area contributed by atoms with Crippen molar-refractivity contribution in [2.75, 3.05) is 13.1 Å². The van der Waals surface area contributed by atoms with Crippen LogP contribution in [0.15, 0.2) is 42.7 Å². The van der Waals surface area contributed by atoms with Crippen LogP contribution in [0.2, 0.25) is 0 Å². The van der Waals surface area contributed by atoms with Crippen molar-refractivity contribution in [3.8, 4) is 5.75 Å². The molecule has 0 unspecified atom stereocenters. The molecule has 0 N–H and O–H groups in total. The summed E-state index contributed by atoms with van der Waals surface area (Å²) in [7, 11) is 0.